The van der Waals surface area contributed by atoms with E-state index < -0.39 is 5.91 Å². The zero-order valence-corrected chi connectivity index (χ0v) is 15.4. The Morgan fingerprint density at radius 2 is 1.59 bits per heavy atom. The molecule has 0 fully saturated rings. The molecule has 0 bridgehead atoms. The van der Waals surface area contributed by atoms with E-state index in [2.05, 4.69) is 25.6 Å². The normalized spacial score (nSPS) is 10.5. The monoisotopic (exact) mass is 383 g/mol. The van der Waals surface area contributed by atoms with Crippen molar-refractivity contribution < 1.29 is 9.59 Å². The number of para-hydroxylation sites is 1. The van der Waals surface area contributed by atoms with E-state index in [1.165, 1.54) is 0 Å². The first kappa shape index (κ1) is 18.2. The highest BCUT2D eigenvalue weighted by molar-refractivity contribution is 6.07. The Bertz CT molecular complexity index is 1170. The Kier molecular flexibility index (Phi) is 5.20. The maximum Gasteiger partial charge on any atom is 0.274 e. The van der Waals surface area contributed by atoms with Gasteiger partial charge in [-0.05, 0) is 35.9 Å². The third kappa shape index (κ3) is 4.24. The minimum atomic E-state index is -0.412. The molecule has 1 aromatic carbocycles. The third-order valence-electron chi connectivity index (χ3n) is 4.27. The topological polar surface area (TPSA) is 96.9 Å². The second-order valence-corrected chi connectivity index (χ2v) is 6.29. The van der Waals surface area contributed by atoms with Crippen LogP contribution in [0.3, 0.4) is 0 Å². The van der Waals surface area contributed by atoms with E-state index >= 15 is 0 Å². The molecule has 0 saturated carbocycles. The number of nitrogens with one attached hydrogen (secondary N) is 2. The molecule has 4 aromatic rings. The summed E-state index contributed by atoms with van der Waals surface area (Å²) in [4.78, 5) is 37.6. The van der Waals surface area contributed by atoms with Gasteiger partial charge in [0.15, 0.2) is 0 Å². The Labute approximate surface area is 166 Å². The molecular formula is C22H17N5O2. The fourth-order valence-corrected chi connectivity index (χ4v) is 2.85. The molecule has 0 aliphatic rings. The molecule has 0 spiro atoms. The summed E-state index contributed by atoms with van der Waals surface area (Å²) in [6.45, 7) is 0.326. The SMILES string of the molecule is O=C(NCc1cccnc1)c1cccc(C(=O)Nc2cccc3cccnc23)n1. The van der Waals surface area contributed by atoms with Gasteiger partial charge in [0.05, 0.1) is 11.2 Å². The minimum Gasteiger partial charge on any atom is -0.347 e. The molecule has 7 heteroatoms. The van der Waals surface area contributed by atoms with Crippen LogP contribution in [0.5, 0.6) is 0 Å². The number of anilines is 1. The van der Waals surface area contributed by atoms with Gasteiger partial charge in [0.2, 0.25) is 0 Å². The zero-order valence-electron chi connectivity index (χ0n) is 15.4. The number of rotatable bonds is 5. The number of nitrogens with zero attached hydrogens (tertiary/aromatic N) is 3. The summed E-state index contributed by atoms with van der Waals surface area (Å²) < 4.78 is 0. The van der Waals surface area contributed by atoms with Gasteiger partial charge in [-0.3, -0.25) is 19.6 Å². The maximum absolute atomic E-state index is 12.7. The van der Waals surface area contributed by atoms with Gasteiger partial charge in [0.25, 0.3) is 11.8 Å². The first-order chi connectivity index (χ1) is 14.2. The van der Waals surface area contributed by atoms with Crippen molar-refractivity contribution in [1.29, 1.82) is 0 Å². The number of aromatic nitrogens is 3. The number of pyridine rings is 3. The lowest BCUT2D eigenvalue weighted by Gasteiger charge is -2.09. The Morgan fingerprint density at radius 1 is 0.828 bits per heavy atom. The molecule has 0 aliphatic carbocycles. The van der Waals surface area contributed by atoms with Crippen molar-refractivity contribution in [3.05, 3.63) is 96.2 Å². The van der Waals surface area contributed by atoms with Crippen LogP contribution in [0.4, 0.5) is 5.69 Å². The fourth-order valence-electron chi connectivity index (χ4n) is 2.85. The molecule has 0 saturated heterocycles. The average molecular weight is 383 g/mol. The highest BCUT2D eigenvalue weighted by Crippen LogP contribution is 2.21. The van der Waals surface area contributed by atoms with E-state index in [0.29, 0.717) is 17.7 Å². The van der Waals surface area contributed by atoms with Gasteiger partial charge in [-0.25, -0.2) is 4.98 Å². The van der Waals surface area contributed by atoms with Crippen LogP contribution < -0.4 is 10.6 Å². The van der Waals surface area contributed by atoms with Crippen LogP contribution in [0, 0.1) is 0 Å². The van der Waals surface area contributed by atoms with Crippen LogP contribution in [-0.2, 0) is 6.54 Å². The summed E-state index contributed by atoms with van der Waals surface area (Å²) in [7, 11) is 0. The summed E-state index contributed by atoms with van der Waals surface area (Å²) in [6.07, 6.45) is 5.01. The second-order valence-electron chi connectivity index (χ2n) is 6.29. The van der Waals surface area contributed by atoms with Gasteiger partial charge in [-0.1, -0.05) is 30.3 Å². The van der Waals surface area contributed by atoms with Crippen LogP contribution >= 0.6 is 0 Å². The summed E-state index contributed by atoms with van der Waals surface area (Å²) >= 11 is 0. The molecule has 3 aromatic heterocycles. The number of fused-ring (bicyclic) bond motifs is 1. The first-order valence-electron chi connectivity index (χ1n) is 9.00. The Balaban J connectivity index is 1.49. The van der Waals surface area contributed by atoms with E-state index in [0.717, 1.165) is 10.9 Å². The minimum absolute atomic E-state index is 0.145. The van der Waals surface area contributed by atoms with E-state index in [-0.39, 0.29) is 17.3 Å². The molecule has 0 unspecified atom stereocenters. The van der Waals surface area contributed by atoms with Crippen molar-refractivity contribution in [2.45, 2.75) is 6.54 Å². The van der Waals surface area contributed by atoms with E-state index in [4.69, 9.17) is 0 Å². The van der Waals surface area contributed by atoms with E-state index in [9.17, 15) is 9.59 Å². The van der Waals surface area contributed by atoms with Gasteiger partial charge >= 0.3 is 0 Å². The molecule has 7 nitrogen and oxygen atoms in total. The lowest BCUT2D eigenvalue weighted by atomic mass is 10.2. The third-order valence-corrected chi connectivity index (χ3v) is 4.27. The van der Waals surface area contributed by atoms with Gasteiger partial charge in [-0.2, -0.15) is 0 Å². The van der Waals surface area contributed by atoms with Crippen LogP contribution in [0.25, 0.3) is 10.9 Å². The van der Waals surface area contributed by atoms with Crippen molar-refractivity contribution in [1.82, 2.24) is 20.3 Å². The number of amides is 2. The molecule has 0 aliphatic heterocycles. The molecule has 29 heavy (non-hydrogen) atoms. The van der Waals surface area contributed by atoms with E-state index in [1.54, 1.807) is 48.9 Å². The number of carbonyl (C=O) groups excluding carboxylic acids is 2. The largest absolute Gasteiger partial charge is 0.347 e. The molecule has 2 N–H and O–H groups in total. The lowest BCUT2D eigenvalue weighted by molar-refractivity contribution is 0.0945. The summed E-state index contributed by atoms with van der Waals surface area (Å²) in [5.74, 6) is -0.777. The zero-order chi connectivity index (χ0) is 20.1. The molecular weight excluding hydrogens is 366 g/mol. The maximum atomic E-state index is 12.7. The Morgan fingerprint density at radius 3 is 2.41 bits per heavy atom. The highest BCUT2D eigenvalue weighted by Gasteiger charge is 2.14. The molecule has 3 heterocycles. The number of hydrogen-bond acceptors (Lipinski definition) is 5. The molecule has 0 radical (unpaired) electrons. The first-order valence-corrected chi connectivity index (χ1v) is 9.00. The Hall–Kier alpha value is -4.13. The van der Waals surface area contributed by atoms with Crippen LogP contribution in [0.2, 0.25) is 0 Å². The number of hydrogen-bond donors (Lipinski definition) is 2. The van der Waals surface area contributed by atoms with Crippen LogP contribution in [0.15, 0.2) is 79.3 Å². The fraction of sp³-hybridized carbons (Fsp3) is 0.0455. The van der Waals surface area contributed by atoms with Gasteiger partial charge < -0.3 is 10.6 Å². The molecule has 4 rings (SSSR count). The van der Waals surface area contributed by atoms with Gasteiger partial charge in [0, 0.05) is 30.5 Å². The van der Waals surface area contributed by atoms with Crippen molar-refractivity contribution in [2.24, 2.45) is 0 Å². The lowest BCUT2D eigenvalue weighted by Crippen LogP contribution is -2.25. The molecule has 0 atom stereocenters. The second kappa shape index (κ2) is 8.26. The van der Waals surface area contributed by atoms with Crippen molar-refractivity contribution in [3.63, 3.8) is 0 Å². The number of benzene rings is 1. The van der Waals surface area contributed by atoms with E-state index in [1.807, 2.05) is 30.3 Å². The van der Waals surface area contributed by atoms with Crippen LogP contribution in [-0.4, -0.2) is 26.8 Å². The summed E-state index contributed by atoms with van der Waals surface area (Å²) in [6, 6.07) is 17.7. The van der Waals surface area contributed by atoms with Crippen LogP contribution in [0.1, 0.15) is 26.5 Å². The predicted molar refractivity (Wildman–Crippen MR) is 109 cm³/mol. The highest BCUT2D eigenvalue weighted by atomic mass is 16.2. The van der Waals surface area contributed by atoms with Gasteiger partial charge in [0.1, 0.15) is 11.4 Å². The summed E-state index contributed by atoms with van der Waals surface area (Å²) in [5, 5.41) is 6.51. The molecule has 2 amide bonds. The predicted octanol–water partition coefficient (Wildman–Crippen LogP) is 3.21. The van der Waals surface area contributed by atoms with Crippen molar-refractivity contribution >= 4 is 28.4 Å². The summed E-state index contributed by atoms with van der Waals surface area (Å²) in [5.41, 5.74) is 2.46. The molecule has 142 valence electrons. The smallest absolute Gasteiger partial charge is 0.274 e. The average Bonchev–Trinajstić information content (AvgIpc) is 2.78. The number of carbonyl (C=O) groups is 2. The van der Waals surface area contributed by atoms with Gasteiger partial charge in [-0.15, -0.1) is 0 Å². The standard InChI is InChI=1S/C22H17N5O2/c28-21(25-14-15-5-3-11-23-13-15)18-9-2-10-19(26-18)22(29)27-17-8-1-6-16-7-4-12-24-20(16)17/h1-13H,14H2,(H,25,28)(H,27,29). The van der Waals surface area contributed by atoms with Crippen molar-refractivity contribution in [3.8, 4) is 0 Å². The van der Waals surface area contributed by atoms with Crippen molar-refractivity contribution in [2.75, 3.05) is 5.32 Å². The quantitative estimate of drug-likeness (QED) is 0.552.